The van der Waals surface area contributed by atoms with E-state index in [9.17, 15) is 9.59 Å². The molecule has 4 N–H and O–H groups in total. The first kappa shape index (κ1) is 24.6. The highest BCUT2D eigenvalue weighted by molar-refractivity contribution is 7.99. The van der Waals surface area contributed by atoms with Gasteiger partial charge in [-0.3, -0.25) is 9.59 Å². The monoisotopic (exact) mass is 483 g/mol. The molecule has 0 atom stereocenters. The molecule has 0 unspecified atom stereocenters. The first-order valence-electron chi connectivity index (χ1n) is 10.1. The minimum atomic E-state index is -0.250. The predicted octanol–water partition coefficient (Wildman–Crippen LogP) is 2.78. The third-order valence-electron chi connectivity index (χ3n) is 4.70. The molecule has 0 bridgehead atoms. The third-order valence-corrected chi connectivity index (χ3v) is 5.64. The molecule has 1 amide bonds. The fraction of sp³-hybridized carbons (Fsp3) is 0.227. The lowest BCUT2D eigenvalue weighted by Gasteiger charge is -2.09. The Bertz CT molecular complexity index is 1210. The number of nitrogens with two attached hydrogens (primary N) is 1. The van der Waals surface area contributed by atoms with E-state index in [4.69, 9.17) is 15.3 Å². The maximum Gasteiger partial charge on any atom is 0.264 e. The van der Waals surface area contributed by atoms with Gasteiger partial charge in [-0.15, -0.1) is 10.2 Å². The number of nitrogens with one attached hydrogen (secondary N) is 2. The topological polar surface area (TPSA) is 146 Å². The molecule has 0 spiro atoms. The number of ether oxygens (including phenoxy) is 2. The highest BCUT2D eigenvalue weighted by Crippen LogP contribution is 2.27. The Morgan fingerprint density at radius 1 is 1.03 bits per heavy atom. The number of hydrogen-bond acceptors (Lipinski definition) is 10. The van der Waals surface area contributed by atoms with Crippen LogP contribution in [0.3, 0.4) is 0 Å². The Labute approximate surface area is 200 Å². The van der Waals surface area contributed by atoms with Gasteiger partial charge in [-0.25, -0.2) is 10.1 Å². The molecule has 0 radical (unpaired) electrons. The smallest absolute Gasteiger partial charge is 0.264 e. The number of carbonyl (C=O) groups excluding carboxylic acids is 2. The number of nitrogens with zero attached hydrogens (tertiary/aromatic N) is 4. The van der Waals surface area contributed by atoms with Gasteiger partial charge in [0.1, 0.15) is 0 Å². The molecule has 0 aliphatic carbocycles. The van der Waals surface area contributed by atoms with Gasteiger partial charge in [0.05, 0.1) is 25.7 Å². The van der Waals surface area contributed by atoms with Crippen molar-refractivity contribution < 1.29 is 19.1 Å². The highest BCUT2D eigenvalue weighted by atomic mass is 32.2. The number of hydrazone groups is 1. The standard InChI is InChI=1S/C22H25N7O4S/c1-13(16-7-10-18(32-3)19(11-16)33-4)25-26-21-27-28-22(29(21)23)34-12-20(31)24-17-8-5-15(6-9-17)14(2)30/h5-11H,12,23H2,1-4H3,(H,24,31)(H,26,27)/b25-13+. The van der Waals surface area contributed by atoms with Crippen LogP contribution in [-0.2, 0) is 4.79 Å². The lowest BCUT2D eigenvalue weighted by atomic mass is 10.1. The quantitative estimate of drug-likeness (QED) is 0.130. The van der Waals surface area contributed by atoms with E-state index in [1.807, 2.05) is 13.0 Å². The maximum atomic E-state index is 12.2. The second kappa shape index (κ2) is 11.2. The second-order valence-corrected chi connectivity index (χ2v) is 7.97. The lowest BCUT2D eigenvalue weighted by molar-refractivity contribution is -0.113. The predicted molar refractivity (Wildman–Crippen MR) is 131 cm³/mol. The number of hydrogen-bond donors (Lipinski definition) is 3. The van der Waals surface area contributed by atoms with Gasteiger partial charge in [-0.05, 0) is 56.3 Å². The second-order valence-electron chi connectivity index (χ2n) is 7.03. The van der Waals surface area contributed by atoms with E-state index in [1.54, 1.807) is 50.6 Å². The zero-order chi connectivity index (χ0) is 24.7. The average molecular weight is 484 g/mol. The zero-order valence-electron chi connectivity index (χ0n) is 19.2. The van der Waals surface area contributed by atoms with Gasteiger partial charge in [0.15, 0.2) is 17.3 Å². The summed E-state index contributed by atoms with van der Waals surface area (Å²) in [4.78, 5) is 23.6. The van der Waals surface area contributed by atoms with Crippen molar-refractivity contribution in [2.45, 2.75) is 19.0 Å². The molecule has 1 aromatic heterocycles. The Kier molecular flexibility index (Phi) is 8.09. The van der Waals surface area contributed by atoms with Crippen molar-refractivity contribution in [3.8, 4) is 11.5 Å². The molecule has 0 aliphatic rings. The van der Waals surface area contributed by atoms with Crippen LogP contribution in [0.2, 0.25) is 0 Å². The summed E-state index contributed by atoms with van der Waals surface area (Å²) in [5, 5.41) is 15.3. The lowest BCUT2D eigenvalue weighted by Crippen LogP contribution is -2.17. The van der Waals surface area contributed by atoms with Crippen molar-refractivity contribution in [3.63, 3.8) is 0 Å². The number of rotatable bonds is 10. The van der Waals surface area contributed by atoms with Crippen LogP contribution >= 0.6 is 11.8 Å². The fourth-order valence-electron chi connectivity index (χ4n) is 2.83. The van der Waals surface area contributed by atoms with Crippen molar-refractivity contribution >= 4 is 40.8 Å². The van der Waals surface area contributed by atoms with Gasteiger partial charge in [0, 0.05) is 16.8 Å². The minimum Gasteiger partial charge on any atom is -0.493 e. The summed E-state index contributed by atoms with van der Waals surface area (Å²) < 4.78 is 11.8. The van der Waals surface area contributed by atoms with Crippen molar-refractivity contribution in [3.05, 3.63) is 53.6 Å². The summed E-state index contributed by atoms with van der Waals surface area (Å²) in [5.41, 5.74) is 5.42. The van der Waals surface area contributed by atoms with Gasteiger partial charge < -0.3 is 20.6 Å². The molecule has 2 aromatic carbocycles. The number of nitrogen functional groups attached to an aromatic ring is 1. The maximum absolute atomic E-state index is 12.2. The number of Topliss-reactive ketones (excluding diaryl/α,β-unsaturated/α-hetero) is 1. The van der Waals surface area contributed by atoms with E-state index in [1.165, 1.54) is 11.6 Å². The summed E-state index contributed by atoms with van der Waals surface area (Å²) in [6.07, 6.45) is 0. The van der Waals surface area contributed by atoms with Crippen molar-refractivity contribution in [1.29, 1.82) is 0 Å². The Morgan fingerprint density at radius 2 is 1.71 bits per heavy atom. The van der Waals surface area contributed by atoms with Crippen molar-refractivity contribution in [1.82, 2.24) is 14.9 Å². The summed E-state index contributed by atoms with van der Waals surface area (Å²) in [5.74, 6) is 7.23. The number of aromatic nitrogens is 3. The molecule has 3 aromatic rings. The molecule has 12 heteroatoms. The molecule has 0 saturated carbocycles. The van der Waals surface area contributed by atoms with Crippen molar-refractivity contribution in [2.24, 2.45) is 5.10 Å². The average Bonchev–Trinajstić information content (AvgIpc) is 3.20. The largest absolute Gasteiger partial charge is 0.493 e. The summed E-state index contributed by atoms with van der Waals surface area (Å²) >= 11 is 1.12. The number of methoxy groups -OCH3 is 2. The molecule has 34 heavy (non-hydrogen) atoms. The minimum absolute atomic E-state index is 0.0385. The van der Waals surface area contributed by atoms with E-state index in [0.717, 1.165) is 17.3 Å². The SMILES string of the molecule is COc1ccc(/C(C)=N/Nc2nnc(SCC(=O)Nc3ccc(C(C)=O)cc3)n2N)cc1OC. The molecule has 1 heterocycles. The first-order chi connectivity index (χ1) is 16.3. The number of amides is 1. The van der Waals surface area contributed by atoms with Crippen LogP contribution < -0.4 is 26.1 Å². The van der Waals surface area contributed by atoms with Crippen LogP contribution in [0.1, 0.15) is 29.8 Å². The number of benzene rings is 2. The molecule has 0 saturated heterocycles. The van der Waals surface area contributed by atoms with Crippen LogP contribution in [0, 0.1) is 0 Å². The van der Waals surface area contributed by atoms with Crippen LogP contribution in [0.15, 0.2) is 52.7 Å². The van der Waals surface area contributed by atoms with Crippen LogP contribution in [0.5, 0.6) is 11.5 Å². The van der Waals surface area contributed by atoms with Crippen LogP contribution in [-0.4, -0.2) is 52.2 Å². The Morgan fingerprint density at radius 3 is 2.35 bits per heavy atom. The Hall–Kier alpha value is -4.06. The summed E-state index contributed by atoms with van der Waals surface area (Å²) in [7, 11) is 3.13. The van der Waals surface area contributed by atoms with E-state index in [2.05, 4.69) is 26.0 Å². The molecular weight excluding hydrogens is 458 g/mol. The zero-order valence-corrected chi connectivity index (χ0v) is 20.0. The van der Waals surface area contributed by atoms with E-state index in [0.29, 0.717) is 33.6 Å². The molecule has 11 nitrogen and oxygen atoms in total. The van der Waals surface area contributed by atoms with Crippen molar-refractivity contribution in [2.75, 3.05) is 36.6 Å². The summed E-state index contributed by atoms with van der Waals surface area (Å²) in [6, 6.07) is 12.1. The number of anilines is 2. The van der Waals surface area contributed by atoms with E-state index in [-0.39, 0.29) is 23.4 Å². The van der Waals surface area contributed by atoms with Gasteiger partial charge in [0.25, 0.3) is 5.95 Å². The Balaban J connectivity index is 1.58. The first-order valence-corrected chi connectivity index (χ1v) is 11.1. The van der Waals surface area contributed by atoms with Gasteiger partial charge in [-0.1, -0.05) is 11.8 Å². The van der Waals surface area contributed by atoms with Gasteiger partial charge >= 0.3 is 0 Å². The number of thioether (sulfide) groups is 1. The third kappa shape index (κ3) is 6.04. The summed E-state index contributed by atoms with van der Waals surface area (Å²) in [6.45, 7) is 3.30. The molecule has 0 fully saturated rings. The van der Waals surface area contributed by atoms with Crippen LogP contribution in [0.25, 0.3) is 0 Å². The van der Waals surface area contributed by atoms with Crippen LogP contribution in [0.4, 0.5) is 11.6 Å². The van der Waals surface area contributed by atoms with E-state index < -0.39 is 0 Å². The van der Waals surface area contributed by atoms with E-state index >= 15 is 0 Å². The fourth-order valence-corrected chi connectivity index (χ4v) is 3.48. The van der Waals surface area contributed by atoms with Gasteiger partial charge in [-0.2, -0.15) is 5.10 Å². The van der Waals surface area contributed by atoms with Gasteiger partial charge in [0.2, 0.25) is 11.1 Å². The molecule has 0 aliphatic heterocycles. The number of ketones is 1. The number of carbonyl (C=O) groups is 2. The molecular formula is C22H25N7O4S. The molecule has 3 rings (SSSR count). The normalized spacial score (nSPS) is 11.1. The highest BCUT2D eigenvalue weighted by Gasteiger charge is 2.13. The molecule has 178 valence electrons.